The summed E-state index contributed by atoms with van der Waals surface area (Å²) < 4.78 is 32.2. The van der Waals surface area contributed by atoms with E-state index in [1.165, 1.54) is 11.8 Å². The molecule has 0 radical (unpaired) electrons. The topological polar surface area (TPSA) is 81.4 Å². The van der Waals surface area contributed by atoms with Crippen LogP contribution >= 0.6 is 11.8 Å². The summed E-state index contributed by atoms with van der Waals surface area (Å²) in [5.41, 5.74) is 5.97. The van der Waals surface area contributed by atoms with Crippen LogP contribution in [0.5, 0.6) is 0 Å². The lowest BCUT2D eigenvalue weighted by Crippen LogP contribution is -2.41. The zero-order valence-corrected chi connectivity index (χ0v) is 13.8. The van der Waals surface area contributed by atoms with Crippen LogP contribution in [0.15, 0.2) is 29.2 Å². The van der Waals surface area contributed by atoms with Gasteiger partial charge in [-0.1, -0.05) is 0 Å². The molecule has 1 unspecified atom stereocenters. The summed E-state index contributed by atoms with van der Waals surface area (Å²) in [6.45, 7) is 3.01. The Balaban J connectivity index is 1.74. The Morgan fingerprint density at radius 3 is 2.71 bits per heavy atom. The van der Waals surface area contributed by atoms with Crippen LogP contribution in [0.2, 0.25) is 0 Å². The number of anilines is 1. The second-order valence-corrected chi connectivity index (χ2v) is 8.55. The summed E-state index contributed by atoms with van der Waals surface area (Å²) in [4.78, 5) is 1.02. The van der Waals surface area contributed by atoms with Gasteiger partial charge in [-0.15, -0.1) is 11.8 Å². The summed E-state index contributed by atoms with van der Waals surface area (Å²) in [6.07, 6.45) is 1.89. The number of benzene rings is 1. The van der Waals surface area contributed by atoms with Gasteiger partial charge in [-0.3, -0.25) is 0 Å². The molecule has 0 bridgehead atoms. The van der Waals surface area contributed by atoms with Crippen molar-refractivity contribution in [2.24, 2.45) is 0 Å². The molecule has 0 spiro atoms. The highest BCUT2D eigenvalue weighted by atomic mass is 32.2. The van der Waals surface area contributed by atoms with Gasteiger partial charge in [0.1, 0.15) is 0 Å². The molecule has 0 amide bonds. The van der Waals surface area contributed by atoms with E-state index in [1.54, 1.807) is 0 Å². The predicted octanol–water partition coefficient (Wildman–Crippen LogP) is 1.85. The van der Waals surface area contributed by atoms with Crippen molar-refractivity contribution in [3.8, 4) is 0 Å². The molecule has 1 aliphatic heterocycles. The zero-order valence-electron chi connectivity index (χ0n) is 12.2. The number of hydrogen-bond donors (Lipinski definition) is 2. The van der Waals surface area contributed by atoms with Crippen LogP contribution in [-0.4, -0.2) is 38.7 Å². The fraction of sp³-hybridized carbons (Fsp3) is 0.571. The summed E-state index contributed by atoms with van der Waals surface area (Å²) in [6, 6.07) is 7.42. The lowest BCUT2D eigenvalue weighted by molar-refractivity contribution is 0.0250. The number of nitrogens with one attached hydrogen (secondary N) is 1. The van der Waals surface area contributed by atoms with Crippen molar-refractivity contribution in [2.75, 3.05) is 30.4 Å². The van der Waals surface area contributed by atoms with Crippen molar-refractivity contribution in [3.63, 3.8) is 0 Å². The molecule has 3 N–H and O–H groups in total. The molecule has 7 heteroatoms. The lowest BCUT2D eigenvalue weighted by atomic mass is 10.0. The van der Waals surface area contributed by atoms with Gasteiger partial charge in [0.15, 0.2) is 0 Å². The van der Waals surface area contributed by atoms with E-state index in [9.17, 15) is 8.42 Å². The fourth-order valence-electron chi connectivity index (χ4n) is 2.14. The standard InChI is InChI=1S/C14H22N2O3S2/c1-14(7-2-8-19-14)11-16-21(17,18)10-9-20-13-5-3-12(15)4-6-13/h3-6,16H,2,7-11,15H2,1H3. The van der Waals surface area contributed by atoms with Crippen LogP contribution in [0.3, 0.4) is 0 Å². The van der Waals surface area contributed by atoms with Crippen molar-refractivity contribution >= 4 is 27.5 Å². The molecule has 1 aromatic rings. The first-order valence-corrected chi connectivity index (χ1v) is 9.62. The normalized spacial score (nSPS) is 22.5. The Labute approximate surface area is 130 Å². The van der Waals surface area contributed by atoms with Crippen LogP contribution < -0.4 is 10.5 Å². The highest BCUT2D eigenvalue weighted by Gasteiger charge is 2.30. The zero-order chi connectivity index (χ0) is 15.3. The smallest absolute Gasteiger partial charge is 0.212 e. The third kappa shape index (κ3) is 5.50. The Hall–Kier alpha value is -0.760. The second kappa shape index (κ2) is 7.00. The van der Waals surface area contributed by atoms with Crippen molar-refractivity contribution in [2.45, 2.75) is 30.3 Å². The molecule has 0 saturated carbocycles. The van der Waals surface area contributed by atoms with Crippen molar-refractivity contribution in [1.82, 2.24) is 4.72 Å². The van der Waals surface area contributed by atoms with Gasteiger partial charge in [0.2, 0.25) is 10.0 Å². The van der Waals surface area contributed by atoms with E-state index in [4.69, 9.17) is 10.5 Å². The van der Waals surface area contributed by atoms with E-state index in [1.807, 2.05) is 31.2 Å². The summed E-state index contributed by atoms with van der Waals surface area (Å²) in [7, 11) is -3.26. The van der Waals surface area contributed by atoms with Crippen LogP contribution in [-0.2, 0) is 14.8 Å². The third-order valence-electron chi connectivity index (χ3n) is 3.47. The third-order valence-corrected chi connectivity index (χ3v) is 6.07. The van der Waals surface area contributed by atoms with E-state index in [2.05, 4.69) is 4.72 Å². The average Bonchev–Trinajstić information content (AvgIpc) is 2.87. The van der Waals surface area contributed by atoms with Gasteiger partial charge < -0.3 is 10.5 Å². The van der Waals surface area contributed by atoms with Crippen LogP contribution in [0.25, 0.3) is 0 Å². The fourth-order valence-corrected chi connectivity index (χ4v) is 4.59. The molecule has 1 heterocycles. The van der Waals surface area contributed by atoms with Gasteiger partial charge in [-0.05, 0) is 44.0 Å². The maximum absolute atomic E-state index is 12.0. The molecule has 0 aliphatic carbocycles. The van der Waals surface area contributed by atoms with Crippen LogP contribution in [0, 0.1) is 0 Å². The number of hydrogen-bond acceptors (Lipinski definition) is 5. The molecule has 1 saturated heterocycles. The van der Waals surface area contributed by atoms with E-state index >= 15 is 0 Å². The van der Waals surface area contributed by atoms with E-state index in [-0.39, 0.29) is 11.4 Å². The number of rotatable bonds is 7. The number of ether oxygens (including phenoxy) is 1. The van der Waals surface area contributed by atoms with Crippen LogP contribution in [0.1, 0.15) is 19.8 Å². The van der Waals surface area contributed by atoms with Gasteiger partial charge in [0.25, 0.3) is 0 Å². The number of sulfonamides is 1. The minimum absolute atomic E-state index is 0.0954. The maximum Gasteiger partial charge on any atom is 0.212 e. The maximum atomic E-state index is 12.0. The first-order chi connectivity index (χ1) is 9.89. The van der Waals surface area contributed by atoms with Gasteiger partial charge in [0, 0.05) is 29.5 Å². The molecule has 1 aromatic carbocycles. The minimum atomic E-state index is -3.26. The number of nitrogens with two attached hydrogens (primary N) is 1. The molecule has 1 fully saturated rings. The Morgan fingerprint density at radius 1 is 1.38 bits per heavy atom. The Kier molecular flexibility index (Phi) is 5.54. The molecule has 0 aromatic heterocycles. The van der Waals surface area contributed by atoms with E-state index in [0.29, 0.717) is 24.6 Å². The van der Waals surface area contributed by atoms with E-state index in [0.717, 1.165) is 17.7 Å². The van der Waals surface area contributed by atoms with Gasteiger partial charge >= 0.3 is 0 Å². The molecule has 2 rings (SSSR count). The SMILES string of the molecule is CC1(CNS(=O)(=O)CCSc2ccc(N)cc2)CCCO1. The van der Waals surface area contributed by atoms with Crippen molar-refractivity contribution in [3.05, 3.63) is 24.3 Å². The van der Waals surface area contributed by atoms with Gasteiger partial charge in [0.05, 0.1) is 11.4 Å². The van der Waals surface area contributed by atoms with E-state index < -0.39 is 10.0 Å². The average molecular weight is 330 g/mol. The molecular formula is C14H22N2O3S2. The highest BCUT2D eigenvalue weighted by molar-refractivity contribution is 8.00. The molecule has 118 valence electrons. The molecule has 21 heavy (non-hydrogen) atoms. The molecule has 1 aliphatic rings. The molecule has 1 atom stereocenters. The number of nitrogen functional groups attached to an aromatic ring is 1. The Morgan fingerprint density at radius 2 is 2.10 bits per heavy atom. The summed E-state index contributed by atoms with van der Waals surface area (Å²) >= 11 is 1.51. The van der Waals surface area contributed by atoms with Crippen molar-refractivity contribution < 1.29 is 13.2 Å². The monoisotopic (exact) mass is 330 g/mol. The van der Waals surface area contributed by atoms with Gasteiger partial charge in [-0.25, -0.2) is 13.1 Å². The van der Waals surface area contributed by atoms with Crippen molar-refractivity contribution in [1.29, 1.82) is 0 Å². The number of thioether (sulfide) groups is 1. The molecular weight excluding hydrogens is 308 g/mol. The van der Waals surface area contributed by atoms with Crippen LogP contribution in [0.4, 0.5) is 5.69 Å². The Bertz CT molecular complexity index is 552. The summed E-state index contributed by atoms with van der Waals surface area (Å²) in [5, 5.41) is 0. The largest absolute Gasteiger partial charge is 0.399 e. The predicted molar refractivity (Wildman–Crippen MR) is 87.0 cm³/mol. The molecule has 5 nitrogen and oxygen atoms in total. The lowest BCUT2D eigenvalue weighted by Gasteiger charge is -2.23. The first kappa shape index (κ1) is 16.6. The first-order valence-electron chi connectivity index (χ1n) is 6.98. The quantitative estimate of drug-likeness (QED) is 0.589. The highest BCUT2D eigenvalue weighted by Crippen LogP contribution is 2.24. The minimum Gasteiger partial charge on any atom is -0.399 e. The summed E-state index contributed by atoms with van der Waals surface area (Å²) in [5.74, 6) is 0.606. The van der Waals surface area contributed by atoms with Gasteiger partial charge in [-0.2, -0.15) is 0 Å². The second-order valence-electron chi connectivity index (χ2n) is 5.46.